The van der Waals surface area contributed by atoms with E-state index in [-0.39, 0.29) is 12.0 Å². The molecule has 0 saturated carbocycles. The smallest absolute Gasteiger partial charge is 0.270 e. The van der Waals surface area contributed by atoms with Crippen molar-refractivity contribution in [1.82, 2.24) is 15.3 Å². The quantitative estimate of drug-likeness (QED) is 0.649. The zero-order valence-electron chi connectivity index (χ0n) is 15.3. The Morgan fingerprint density at radius 1 is 1.26 bits per heavy atom. The summed E-state index contributed by atoms with van der Waals surface area (Å²) in [5.41, 5.74) is 0.310. The van der Waals surface area contributed by atoms with Gasteiger partial charge in [0.05, 0.1) is 19.8 Å². The van der Waals surface area contributed by atoms with Crippen molar-refractivity contribution < 1.29 is 19.0 Å². The summed E-state index contributed by atoms with van der Waals surface area (Å²) in [6, 6.07) is 8.91. The number of hydrogen-bond acceptors (Lipinski definition) is 7. The maximum absolute atomic E-state index is 12.2. The molecule has 1 saturated heterocycles. The lowest BCUT2D eigenvalue weighted by atomic mass is 10.2. The number of carbonyl (C=O) groups excluding carboxylic acids is 1. The first-order chi connectivity index (χ1) is 13.2. The van der Waals surface area contributed by atoms with E-state index in [0.717, 1.165) is 25.2 Å². The van der Waals surface area contributed by atoms with Crippen molar-refractivity contribution in [1.29, 1.82) is 0 Å². The van der Waals surface area contributed by atoms with Gasteiger partial charge in [-0.25, -0.2) is 9.97 Å². The molecule has 8 nitrogen and oxygen atoms in total. The topological polar surface area (TPSA) is 94.6 Å². The summed E-state index contributed by atoms with van der Waals surface area (Å²) in [6.45, 7) is 2.21. The molecule has 0 spiro atoms. The van der Waals surface area contributed by atoms with Gasteiger partial charge in [0, 0.05) is 19.2 Å². The van der Waals surface area contributed by atoms with Gasteiger partial charge in [0.1, 0.15) is 35.9 Å². The lowest BCUT2D eigenvalue weighted by molar-refractivity contribution is 0.0942. The number of amides is 1. The van der Waals surface area contributed by atoms with Crippen LogP contribution < -0.4 is 20.1 Å². The van der Waals surface area contributed by atoms with E-state index in [9.17, 15) is 4.79 Å². The van der Waals surface area contributed by atoms with Crippen LogP contribution in [-0.2, 0) is 4.74 Å². The molecule has 1 aromatic heterocycles. The third kappa shape index (κ3) is 5.82. The number of nitrogens with zero attached hydrogens (tertiary/aromatic N) is 2. The van der Waals surface area contributed by atoms with Crippen molar-refractivity contribution in [2.45, 2.75) is 18.9 Å². The van der Waals surface area contributed by atoms with Crippen molar-refractivity contribution in [3.05, 3.63) is 42.4 Å². The fourth-order valence-electron chi connectivity index (χ4n) is 2.70. The Morgan fingerprint density at radius 2 is 2.07 bits per heavy atom. The lowest BCUT2D eigenvalue weighted by Gasteiger charge is -2.11. The molecule has 0 bridgehead atoms. The van der Waals surface area contributed by atoms with Crippen LogP contribution in [-0.4, -0.2) is 55.4 Å². The van der Waals surface area contributed by atoms with Crippen molar-refractivity contribution in [2.24, 2.45) is 0 Å². The van der Waals surface area contributed by atoms with Crippen molar-refractivity contribution in [3.63, 3.8) is 0 Å². The Bertz CT molecular complexity index is 733. The Morgan fingerprint density at radius 3 is 2.81 bits per heavy atom. The van der Waals surface area contributed by atoms with Gasteiger partial charge in [-0.15, -0.1) is 0 Å². The molecule has 3 rings (SSSR count). The fraction of sp³-hybridized carbons (Fsp3) is 0.421. The largest absolute Gasteiger partial charge is 0.497 e. The molecule has 1 amide bonds. The van der Waals surface area contributed by atoms with Crippen molar-refractivity contribution in [3.8, 4) is 11.5 Å². The van der Waals surface area contributed by atoms with Gasteiger partial charge in [-0.3, -0.25) is 4.79 Å². The fourth-order valence-corrected chi connectivity index (χ4v) is 2.70. The monoisotopic (exact) mass is 372 g/mol. The highest BCUT2D eigenvalue weighted by Crippen LogP contribution is 2.16. The Labute approximate surface area is 158 Å². The van der Waals surface area contributed by atoms with E-state index in [1.165, 1.54) is 6.33 Å². The van der Waals surface area contributed by atoms with Crippen molar-refractivity contribution >= 4 is 11.7 Å². The Hall–Kier alpha value is -2.87. The van der Waals surface area contributed by atoms with Gasteiger partial charge >= 0.3 is 0 Å². The van der Waals surface area contributed by atoms with Crippen LogP contribution in [0.1, 0.15) is 23.3 Å². The molecular formula is C19H24N4O4. The molecule has 1 fully saturated rings. The molecule has 144 valence electrons. The molecule has 1 aliphatic heterocycles. The summed E-state index contributed by atoms with van der Waals surface area (Å²) in [5, 5.41) is 5.97. The zero-order valence-corrected chi connectivity index (χ0v) is 15.3. The number of ether oxygens (including phenoxy) is 3. The van der Waals surface area contributed by atoms with E-state index in [4.69, 9.17) is 14.2 Å². The Balaban J connectivity index is 1.41. The highest BCUT2D eigenvalue weighted by molar-refractivity contribution is 5.92. The maximum atomic E-state index is 12.2. The number of anilines is 1. The lowest BCUT2D eigenvalue weighted by Crippen LogP contribution is -2.29. The number of benzene rings is 1. The third-order valence-electron chi connectivity index (χ3n) is 4.15. The molecule has 1 atom stereocenters. The predicted molar refractivity (Wildman–Crippen MR) is 100 cm³/mol. The number of carbonyl (C=O) groups is 1. The van der Waals surface area contributed by atoms with Crippen LogP contribution in [0.5, 0.6) is 11.5 Å². The summed E-state index contributed by atoms with van der Waals surface area (Å²) in [7, 11) is 1.61. The molecule has 1 aromatic carbocycles. The normalized spacial score (nSPS) is 16.0. The molecular weight excluding hydrogens is 348 g/mol. The molecule has 0 radical (unpaired) electrons. The van der Waals surface area contributed by atoms with Gasteiger partial charge in [-0.1, -0.05) is 0 Å². The second-order valence-corrected chi connectivity index (χ2v) is 6.08. The number of rotatable bonds is 9. The standard InChI is InChI=1S/C19H24N4O4/c1-25-14-4-6-15(7-5-14)27-10-8-20-19(24)17-11-18(23-13-22-17)21-12-16-3-2-9-26-16/h4-7,11,13,16H,2-3,8-10,12H2,1H3,(H,20,24)(H,21,22,23). The average Bonchev–Trinajstić information content (AvgIpc) is 3.24. The predicted octanol–water partition coefficient (Wildman–Crippen LogP) is 1.88. The van der Waals surface area contributed by atoms with Crippen LogP contribution in [0.3, 0.4) is 0 Å². The van der Waals surface area contributed by atoms with Crippen LogP contribution in [0.2, 0.25) is 0 Å². The number of hydrogen-bond donors (Lipinski definition) is 2. The minimum absolute atomic E-state index is 0.201. The third-order valence-corrected chi connectivity index (χ3v) is 4.15. The zero-order chi connectivity index (χ0) is 18.9. The van der Waals surface area contributed by atoms with E-state index < -0.39 is 0 Å². The highest BCUT2D eigenvalue weighted by Gasteiger charge is 2.15. The van der Waals surface area contributed by atoms with Crippen molar-refractivity contribution in [2.75, 3.05) is 38.7 Å². The van der Waals surface area contributed by atoms with Crippen LogP contribution in [0.25, 0.3) is 0 Å². The Kier molecular flexibility index (Phi) is 6.81. The summed E-state index contributed by atoms with van der Waals surface area (Å²) >= 11 is 0. The van der Waals surface area contributed by atoms with Gasteiger partial charge in [0.2, 0.25) is 0 Å². The molecule has 8 heteroatoms. The van der Waals surface area contributed by atoms with E-state index in [2.05, 4.69) is 20.6 Å². The summed E-state index contributed by atoms with van der Waals surface area (Å²) in [6.07, 6.45) is 3.70. The van der Waals surface area contributed by atoms with E-state index in [1.807, 2.05) is 24.3 Å². The second kappa shape index (κ2) is 9.72. The van der Waals surface area contributed by atoms with Gasteiger partial charge in [0.25, 0.3) is 5.91 Å². The summed E-state index contributed by atoms with van der Waals surface area (Å²) in [4.78, 5) is 20.4. The summed E-state index contributed by atoms with van der Waals surface area (Å²) in [5.74, 6) is 1.83. The molecule has 2 aromatic rings. The number of methoxy groups -OCH3 is 1. The van der Waals surface area contributed by atoms with Crippen LogP contribution in [0, 0.1) is 0 Å². The minimum atomic E-state index is -0.268. The number of aromatic nitrogens is 2. The SMILES string of the molecule is COc1ccc(OCCNC(=O)c2cc(NCC3CCCO3)ncn2)cc1. The second-order valence-electron chi connectivity index (χ2n) is 6.08. The van der Waals surface area contributed by atoms with Gasteiger partial charge in [-0.05, 0) is 37.1 Å². The molecule has 1 aliphatic rings. The highest BCUT2D eigenvalue weighted by atomic mass is 16.5. The first-order valence-corrected chi connectivity index (χ1v) is 8.97. The molecule has 0 aliphatic carbocycles. The van der Waals surface area contributed by atoms with Crippen LogP contribution in [0.4, 0.5) is 5.82 Å². The minimum Gasteiger partial charge on any atom is -0.497 e. The molecule has 27 heavy (non-hydrogen) atoms. The average molecular weight is 372 g/mol. The molecule has 2 heterocycles. The first-order valence-electron chi connectivity index (χ1n) is 8.97. The van der Waals surface area contributed by atoms with Gasteiger partial charge in [0.15, 0.2) is 0 Å². The van der Waals surface area contributed by atoms with Gasteiger partial charge < -0.3 is 24.8 Å². The van der Waals surface area contributed by atoms with Crippen LogP contribution >= 0.6 is 0 Å². The maximum Gasteiger partial charge on any atom is 0.270 e. The number of nitrogens with one attached hydrogen (secondary N) is 2. The molecule has 1 unspecified atom stereocenters. The van der Waals surface area contributed by atoms with E-state index in [1.54, 1.807) is 13.2 Å². The first kappa shape index (κ1) is 18.9. The van der Waals surface area contributed by atoms with Gasteiger partial charge in [-0.2, -0.15) is 0 Å². The summed E-state index contributed by atoms with van der Waals surface area (Å²) < 4.78 is 16.2. The van der Waals surface area contributed by atoms with E-state index >= 15 is 0 Å². The van der Waals surface area contributed by atoms with E-state index in [0.29, 0.717) is 37.0 Å². The van der Waals surface area contributed by atoms with Crippen LogP contribution in [0.15, 0.2) is 36.7 Å². The molecule has 2 N–H and O–H groups in total.